The van der Waals surface area contributed by atoms with Crippen LogP contribution in [0.5, 0.6) is 0 Å². The SMILES string of the molecule is Cc1ccc(N)c(NCCc2c[nH]c3ccccc23)n1. The number of aromatic nitrogens is 2. The van der Waals surface area contributed by atoms with Crippen LogP contribution in [0.4, 0.5) is 11.5 Å². The Bertz CT molecular complexity index is 730. The second-order valence-electron chi connectivity index (χ2n) is 4.93. The molecule has 3 aromatic rings. The van der Waals surface area contributed by atoms with E-state index in [1.807, 2.05) is 25.1 Å². The molecule has 1 aromatic carbocycles. The van der Waals surface area contributed by atoms with Crippen molar-refractivity contribution in [3.8, 4) is 0 Å². The predicted molar refractivity (Wildman–Crippen MR) is 83.9 cm³/mol. The smallest absolute Gasteiger partial charge is 0.149 e. The van der Waals surface area contributed by atoms with Crippen LogP contribution < -0.4 is 11.1 Å². The molecular formula is C16H18N4. The van der Waals surface area contributed by atoms with Gasteiger partial charge in [0, 0.05) is 29.3 Å². The van der Waals surface area contributed by atoms with Crippen LogP contribution in [-0.2, 0) is 6.42 Å². The van der Waals surface area contributed by atoms with E-state index in [1.165, 1.54) is 16.5 Å². The third kappa shape index (κ3) is 2.45. The van der Waals surface area contributed by atoms with E-state index >= 15 is 0 Å². The first-order valence-electron chi connectivity index (χ1n) is 6.76. The first kappa shape index (κ1) is 12.5. The van der Waals surface area contributed by atoms with Gasteiger partial charge in [-0.15, -0.1) is 0 Å². The van der Waals surface area contributed by atoms with Crippen LogP contribution in [0.1, 0.15) is 11.3 Å². The summed E-state index contributed by atoms with van der Waals surface area (Å²) in [5, 5.41) is 4.58. The number of hydrogen-bond acceptors (Lipinski definition) is 3. The summed E-state index contributed by atoms with van der Waals surface area (Å²) in [5.41, 5.74) is 10.0. The van der Waals surface area contributed by atoms with E-state index in [-0.39, 0.29) is 0 Å². The average molecular weight is 266 g/mol. The first-order valence-corrected chi connectivity index (χ1v) is 6.76. The maximum Gasteiger partial charge on any atom is 0.149 e. The molecule has 3 rings (SSSR count). The van der Waals surface area contributed by atoms with E-state index in [0.717, 1.165) is 24.5 Å². The van der Waals surface area contributed by atoms with E-state index in [1.54, 1.807) is 0 Å². The highest BCUT2D eigenvalue weighted by Gasteiger charge is 2.04. The third-order valence-electron chi connectivity index (χ3n) is 3.43. The summed E-state index contributed by atoms with van der Waals surface area (Å²) in [6.45, 7) is 2.77. The molecule has 4 N–H and O–H groups in total. The van der Waals surface area contributed by atoms with Crippen LogP contribution in [-0.4, -0.2) is 16.5 Å². The average Bonchev–Trinajstić information content (AvgIpc) is 2.86. The molecule has 20 heavy (non-hydrogen) atoms. The zero-order valence-corrected chi connectivity index (χ0v) is 11.5. The monoisotopic (exact) mass is 266 g/mol. The van der Waals surface area contributed by atoms with Crippen molar-refractivity contribution in [2.24, 2.45) is 0 Å². The van der Waals surface area contributed by atoms with Crippen molar-refractivity contribution in [3.63, 3.8) is 0 Å². The van der Waals surface area contributed by atoms with Gasteiger partial charge in [0.15, 0.2) is 0 Å². The lowest BCUT2D eigenvalue weighted by Gasteiger charge is -2.08. The normalized spacial score (nSPS) is 10.8. The number of pyridine rings is 1. The van der Waals surface area contributed by atoms with Gasteiger partial charge in [-0.25, -0.2) is 4.98 Å². The molecule has 0 radical (unpaired) electrons. The Morgan fingerprint density at radius 2 is 2.05 bits per heavy atom. The topological polar surface area (TPSA) is 66.7 Å². The molecule has 0 aliphatic carbocycles. The minimum Gasteiger partial charge on any atom is -0.396 e. The second-order valence-corrected chi connectivity index (χ2v) is 4.93. The van der Waals surface area contributed by atoms with E-state index in [9.17, 15) is 0 Å². The Kier molecular flexibility index (Phi) is 3.29. The van der Waals surface area contributed by atoms with Crippen LogP contribution in [0, 0.1) is 6.92 Å². The van der Waals surface area contributed by atoms with Crippen molar-refractivity contribution in [1.29, 1.82) is 0 Å². The van der Waals surface area contributed by atoms with Gasteiger partial charge in [-0.2, -0.15) is 0 Å². The number of anilines is 2. The number of benzene rings is 1. The summed E-state index contributed by atoms with van der Waals surface area (Å²) in [6.07, 6.45) is 3.00. The summed E-state index contributed by atoms with van der Waals surface area (Å²) in [4.78, 5) is 7.70. The van der Waals surface area contributed by atoms with Crippen LogP contribution in [0.25, 0.3) is 10.9 Å². The van der Waals surface area contributed by atoms with Gasteiger partial charge >= 0.3 is 0 Å². The lowest BCUT2D eigenvalue weighted by atomic mass is 10.1. The molecule has 2 aromatic heterocycles. The van der Waals surface area contributed by atoms with Crippen LogP contribution >= 0.6 is 0 Å². The first-order chi connectivity index (χ1) is 9.74. The molecule has 0 fully saturated rings. The maximum atomic E-state index is 5.91. The minimum atomic E-state index is 0.689. The fourth-order valence-corrected chi connectivity index (χ4v) is 2.36. The van der Waals surface area contributed by atoms with Crippen molar-refractivity contribution in [2.75, 3.05) is 17.6 Å². The second kappa shape index (κ2) is 5.25. The van der Waals surface area contributed by atoms with Gasteiger partial charge in [0.25, 0.3) is 0 Å². The number of nitrogen functional groups attached to an aromatic ring is 1. The van der Waals surface area contributed by atoms with E-state index in [0.29, 0.717) is 5.69 Å². The highest BCUT2D eigenvalue weighted by atomic mass is 15.0. The fraction of sp³-hybridized carbons (Fsp3) is 0.188. The molecule has 102 valence electrons. The summed E-state index contributed by atoms with van der Waals surface area (Å²) in [6, 6.07) is 12.1. The van der Waals surface area contributed by atoms with Gasteiger partial charge in [-0.05, 0) is 37.1 Å². The van der Waals surface area contributed by atoms with Crippen LogP contribution in [0.15, 0.2) is 42.6 Å². The summed E-state index contributed by atoms with van der Waals surface area (Å²) in [5.74, 6) is 0.768. The predicted octanol–water partition coefficient (Wildman–Crippen LogP) is 3.11. The Balaban J connectivity index is 1.69. The number of aryl methyl sites for hydroxylation is 1. The molecular weight excluding hydrogens is 248 g/mol. The number of hydrogen-bond donors (Lipinski definition) is 3. The van der Waals surface area contributed by atoms with E-state index < -0.39 is 0 Å². The summed E-state index contributed by atoms with van der Waals surface area (Å²) >= 11 is 0. The Labute approximate surface area is 118 Å². The van der Waals surface area contributed by atoms with Crippen molar-refractivity contribution >= 4 is 22.4 Å². The fourth-order valence-electron chi connectivity index (χ4n) is 2.36. The van der Waals surface area contributed by atoms with Gasteiger partial charge in [-0.3, -0.25) is 0 Å². The van der Waals surface area contributed by atoms with Crippen molar-refractivity contribution in [3.05, 3.63) is 53.9 Å². The number of aromatic amines is 1. The van der Waals surface area contributed by atoms with Gasteiger partial charge in [0.2, 0.25) is 0 Å². The Morgan fingerprint density at radius 1 is 1.20 bits per heavy atom. The largest absolute Gasteiger partial charge is 0.396 e. The van der Waals surface area contributed by atoms with E-state index in [2.05, 4.69) is 39.7 Å². The highest BCUT2D eigenvalue weighted by Crippen LogP contribution is 2.19. The quantitative estimate of drug-likeness (QED) is 0.679. The number of para-hydroxylation sites is 1. The van der Waals surface area contributed by atoms with Gasteiger partial charge < -0.3 is 16.0 Å². The number of fused-ring (bicyclic) bond motifs is 1. The van der Waals surface area contributed by atoms with Gasteiger partial charge in [-0.1, -0.05) is 18.2 Å². The van der Waals surface area contributed by atoms with Crippen molar-refractivity contribution in [1.82, 2.24) is 9.97 Å². The molecule has 0 bridgehead atoms. The molecule has 0 atom stereocenters. The lowest BCUT2D eigenvalue weighted by Crippen LogP contribution is -2.08. The molecule has 0 saturated carbocycles. The molecule has 2 heterocycles. The van der Waals surface area contributed by atoms with E-state index in [4.69, 9.17) is 5.73 Å². The van der Waals surface area contributed by atoms with Gasteiger partial charge in [0.05, 0.1) is 5.69 Å². The maximum absolute atomic E-state index is 5.91. The molecule has 0 saturated heterocycles. The molecule has 0 aliphatic rings. The molecule has 0 amide bonds. The van der Waals surface area contributed by atoms with Crippen LogP contribution in [0.2, 0.25) is 0 Å². The Hall–Kier alpha value is -2.49. The number of nitrogens with one attached hydrogen (secondary N) is 2. The molecule has 4 nitrogen and oxygen atoms in total. The van der Waals surface area contributed by atoms with Crippen LogP contribution in [0.3, 0.4) is 0 Å². The number of rotatable bonds is 4. The van der Waals surface area contributed by atoms with Crippen molar-refractivity contribution in [2.45, 2.75) is 13.3 Å². The number of H-pyrrole nitrogens is 1. The number of nitrogens with two attached hydrogens (primary N) is 1. The molecule has 0 aliphatic heterocycles. The minimum absolute atomic E-state index is 0.689. The Morgan fingerprint density at radius 3 is 2.95 bits per heavy atom. The molecule has 4 heteroatoms. The standard InChI is InChI=1S/C16H18N4/c1-11-6-7-14(17)16(20-11)18-9-8-12-10-19-15-5-3-2-4-13(12)15/h2-7,10,19H,8-9,17H2,1H3,(H,18,20). The summed E-state index contributed by atoms with van der Waals surface area (Å²) < 4.78 is 0. The molecule has 0 spiro atoms. The summed E-state index contributed by atoms with van der Waals surface area (Å²) in [7, 11) is 0. The zero-order chi connectivity index (χ0) is 13.9. The third-order valence-corrected chi connectivity index (χ3v) is 3.43. The van der Waals surface area contributed by atoms with Crippen molar-refractivity contribution < 1.29 is 0 Å². The lowest BCUT2D eigenvalue weighted by molar-refractivity contribution is 1.01. The zero-order valence-electron chi connectivity index (χ0n) is 11.5. The number of nitrogens with zero attached hydrogens (tertiary/aromatic N) is 1. The molecule has 0 unspecified atom stereocenters. The highest BCUT2D eigenvalue weighted by molar-refractivity contribution is 5.83. The van der Waals surface area contributed by atoms with Gasteiger partial charge in [0.1, 0.15) is 5.82 Å².